The van der Waals surface area contributed by atoms with Crippen LogP contribution >= 0.6 is 15.9 Å². The zero-order chi connectivity index (χ0) is 13.4. The second-order valence-corrected chi connectivity index (χ2v) is 4.50. The summed E-state index contributed by atoms with van der Waals surface area (Å²) in [5.41, 5.74) is 4.92. The second kappa shape index (κ2) is 7.65. The molecule has 98 valence electrons. The summed E-state index contributed by atoms with van der Waals surface area (Å²) in [6, 6.07) is 1.18. The van der Waals surface area contributed by atoms with Crippen molar-refractivity contribution in [3.8, 4) is 0 Å². The Labute approximate surface area is 114 Å². The lowest BCUT2D eigenvalue weighted by Crippen LogP contribution is -2.47. The second-order valence-electron chi connectivity index (χ2n) is 3.58. The third-order valence-corrected chi connectivity index (χ3v) is 2.51. The summed E-state index contributed by atoms with van der Waals surface area (Å²) < 4.78 is 0.697. The lowest BCUT2D eigenvalue weighted by atomic mass is 10.3. The van der Waals surface area contributed by atoms with Crippen molar-refractivity contribution in [3.63, 3.8) is 0 Å². The molecule has 0 aliphatic carbocycles. The standard InChI is InChI=1S/C11H15BrN4O2/c1-2-3-4-14-11(18)16-15-10(17)8-5-9(12)7-13-6-8/h5-7H,2-4H2,1H3,(H,15,17)(H2,14,16,18). The van der Waals surface area contributed by atoms with Gasteiger partial charge in [-0.2, -0.15) is 0 Å². The van der Waals surface area contributed by atoms with Gasteiger partial charge in [0.25, 0.3) is 5.91 Å². The van der Waals surface area contributed by atoms with Crippen LogP contribution in [-0.4, -0.2) is 23.5 Å². The number of hydrogen-bond acceptors (Lipinski definition) is 3. The Morgan fingerprint density at radius 3 is 2.78 bits per heavy atom. The molecule has 1 aromatic heterocycles. The normalized spacial score (nSPS) is 9.67. The number of nitrogens with one attached hydrogen (secondary N) is 3. The molecule has 7 heteroatoms. The fourth-order valence-corrected chi connectivity index (χ4v) is 1.51. The van der Waals surface area contributed by atoms with Crippen molar-refractivity contribution in [3.05, 3.63) is 28.5 Å². The zero-order valence-corrected chi connectivity index (χ0v) is 11.6. The number of amides is 3. The molecule has 18 heavy (non-hydrogen) atoms. The molecule has 1 rings (SSSR count). The first-order valence-electron chi connectivity index (χ1n) is 5.58. The van der Waals surface area contributed by atoms with Crippen molar-refractivity contribution in [1.82, 2.24) is 21.2 Å². The summed E-state index contributed by atoms with van der Waals surface area (Å²) in [6.07, 6.45) is 4.88. The fourth-order valence-electron chi connectivity index (χ4n) is 1.14. The summed E-state index contributed by atoms with van der Waals surface area (Å²) in [5.74, 6) is -0.422. The average molecular weight is 315 g/mol. The van der Waals surface area contributed by atoms with E-state index in [2.05, 4.69) is 37.1 Å². The van der Waals surface area contributed by atoms with Gasteiger partial charge in [-0.1, -0.05) is 13.3 Å². The lowest BCUT2D eigenvalue weighted by molar-refractivity contribution is 0.0936. The Hall–Kier alpha value is -1.63. The Kier molecular flexibility index (Phi) is 6.13. The van der Waals surface area contributed by atoms with Crippen molar-refractivity contribution in [2.45, 2.75) is 19.8 Å². The van der Waals surface area contributed by atoms with Crippen molar-refractivity contribution >= 4 is 27.9 Å². The molecule has 1 aromatic rings. The van der Waals surface area contributed by atoms with E-state index in [1.807, 2.05) is 6.92 Å². The van der Waals surface area contributed by atoms with Crippen LogP contribution in [0.4, 0.5) is 4.79 Å². The van der Waals surface area contributed by atoms with E-state index in [1.54, 1.807) is 12.3 Å². The van der Waals surface area contributed by atoms with Crippen LogP contribution in [0.1, 0.15) is 30.1 Å². The highest BCUT2D eigenvalue weighted by atomic mass is 79.9. The Balaban J connectivity index is 2.35. The SMILES string of the molecule is CCCCNC(=O)NNC(=O)c1cncc(Br)c1. The third kappa shape index (κ3) is 5.13. The minimum Gasteiger partial charge on any atom is -0.337 e. The summed E-state index contributed by atoms with van der Waals surface area (Å²) >= 11 is 3.21. The van der Waals surface area contributed by atoms with Gasteiger partial charge in [0.1, 0.15) is 0 Å². The van der Waals surface area contributed by atoms with Gasteiger partial charge in [0.05, 0.1) is 5.56 Å². The molecule has 0 bridgehead atoms. The molecule has 0 atom stereocenters. The molecule has 0 aromatic carbocycles. The van der Waals surface area contributed by atoms with Gasteiger partial charge in [0.15, 0.2) is 0 Å². The number of pyridine rings is 1. The van der Waals surface area contributed by atoms with Crippen molar-refractivity contribution in [2.75, 3.05) is 6.54 Å². The van der Waals surface area contributed by atoms with Gasteiger partial charge in [-0.3, -0.25) is 15.2 Å². The van der Waals surface area contributed by atoms with E-state index in [1.165, 1.54) is 6.20 Å². The molecule has 3 amide bonds. The number of carbonyl (C=O) groups is 2. The number of urea groups is 1. The smallest absolute Gasteiger partial charge is 0.333 e. The molecule has 0 aliphatic rings. The molecular formula is C11H15BrN4O2. The van der Waals surface area contributed by atoms with Gasteiger partial charge in [0, 0.05) is 23.4 Å². The quantitative estimate of drug-likeness (QED) is 0.583. The molecule has 6 nitrogen and oxygen atoms in total. The molecule has 0 aliphatic heterocycles. The van der Waals surface area contributed by atoms with Crippen LogP contribution in [0.15, 0.2) is 22.9 Å². The van der Waals surface area contributed by atoms with E-state index in [-0.39, 0.29) is 0 Å². The van der Waals surface area contributed by atoms with Gasteiger partial charge in [-0.05, 0) is 28.4 Å². The Bertz CT molecular complexity index is 425. The van der Waals surface area contributed by atoms with Gasteiger partial charge in [-0.15, -0.1) is 0 Å². The third-order valence-electron chi connectivity index (χ3n) is 2.07. The van der Waals surface area contributed by atoms with Crippen LogP contribution in [0.3, 0.4) is 0 Å². The monoisotopic (exact) mass is 314 g/mol. The van der Waals surface area contributed by atoms with E-state index in [9.17, 15) is 9.59 Å². The van der Waals surface area contributed by atoms with Crippen molar-refractivity contribution < 1.29 is 9.59 Å². The molecule has 0 unspecified atom stereocenters. The number of halogens is 1. The molecule has 0 saturated carbocycles. The first-order chi connectivity index (χ1) is 8.63. The number of rotatable bonds is 4. The number of unbranched alkanes of at least 4 members (excludes halogenated alkanes) is 1. The first-order valence-corrected chi connectivity index (χ1v) is 6.37. The predicted octanol–water partition coefficient (Wildman–Crippen LogP) is 1.59. The van der Waals surface area contributed by atoms with E-state index < -0.39 is 11.9 Å². The largest absolute Gasteiger partial charge is 0.337 e. The van der Waals surface area contributed by atoms with Gasteiger partial charge >= 0.3 is 6.03 Å². The summed E-state index contributed by atoms with van der Waals surface area (Å²) in [6.45, 7) is 2.61. The van der Waals surface area contributed by atoms with Crippen LogP contribution in [0.2, 0.25) is 0 Å². The topological polar surface area (TPSA) is 83.1 Å². The molecule has 3 N–H and O–H groups in total. The van der Waals surface area contributed by atoms with Gasteiger partial charge < -0.3 is 5.32 Å². The number of carbonyl (C=O) groups excluding carboxylic acids is 2. The number of nitrogens with zero attached hydrogens (tertiary/aromatic N) is 1. The maximum atomic E-state index is 11.6. The van der Waals surface area contributed by atoms with Crippen LogP contribution in [0.5, 0.6) is 0 Å². The highest BCUT2D eigenvalue weighted by Gasteiger charge is 2.07. The Morgan fingerprint density at radius 2 is 2.11 bits per heavy atom. The minimum atomic E-state index is -0.431. The summed E-state index contributed by atoms with van der Waals surface area (Å²) in [4.78, 5) is 26.7. The van der Waals surface area contributed by atoms with Crippen LogP contribution in [0, 0.1) is 0 Å². The summed E-state index contributed by atoms with van der Waals surface area (Å²) in [5, 5.41) is 2.61. The number of hydrazine groups is 1. The van der Waals surface area contributed by atoms with Gasteiger partial charge in [-0.25, -0.2) is 10.2 Å². The van der Waals surface area contributed by atoms with Crippen LogP contribution in [-0.2, 0) is 0 Å². The number of aromatic nitrogens is 1. The van der Waals surface area contributed by atoms with Crippen LogP contribution < -0.4 is 16.2 Å². The fraction of sp³-hybridized carbons (Fsp3) is 0.364. The highest BCUT2D eigenvalue weighted by molar-refractivity contribution is 9.10. The van der Waals surface area contributed by atoms with Crippen molar-refractivity contribution in [1.29, 1.82) is 0 Å². The number of hydrogen-bond donors (Lipinski definition) is 3. The van der Waals surface area contributed by atoms with E-state index >= 15 is 0 Å². The maximum absolute atomic E-state index is 11.6. The van der Waals surface area contributed by atoms with E-state index in [0.29, 0.717) is 16.6 Å². The molecule has 0 fully saturated rings. The first kappa shape index (κ1) is 14.4. The molecule has 0 spiro atoms. The minimum absolute atomic E-state index is 0.359. The summed E-state index contributed by atoms with van der Waals surface area (Å²) in [7, 11) is 0. The van der Waals surface area contributed by atoms with Crippen molar-refractivity contribution in [2.24, 2.45) is 0 Å². The zero-order valence-electron chi connectivity index (χ0n) is 10.00. The lowest BCUT2D eigenvalue weighted by Gasteiger charge is -2.08. The molecule has 1 heterocycles. The highest BCUT2D eigenvalue weighted by Crippen LogP contribution is 2.08. The average Bonchev–Trinajstić information content (AvgIpc) is 2.36. The molecular weight excluding hydrogens is 300 g/mol. The van der Waals surface area contributed by atoms with Gasteiger partial charge in [0.2, 0.25) is 0 Å². The van der Waals surface area contributed by atoms with Crippen LogP contribution in [0.25, 0.3) is 0 Å². The maximum Gasteiger partial charge on any atom is 0.333 e. The molecule has 0 radical (unpaired) electrons. The Morgan fingerprint density at radius 1 is 1.33 bits per heavy atom. The molecule has 0 saturated heterocycles. The van der Waals surface area contributed by atoms with E-state index in [4.69, 9.17) is 0 Å². The predicted molar refractivity (Wildman–Crippen MR) is 70.8 cm³/mol. The van der Waals surface area contributed by atoms with E-state index in [0.717, 1.165) is 12.8 Å².